The Kier molecular flexibility index (Phi) is 4.78. The Bertz CT molecular complexity index is 848. The Balaban J connectivity index is 1.30. The number of imide groups is 1. The van der Waals surface area contributed by atoms with Gasteiger partial charge in [-0.05, 0) is 48.9 Å². The predicted octanol–water partition coefficient (Wildman–Crippen LogP) is 1.60. The molecule has 1 aromatic rings. The van der Waals surface area contributed by atoms with Crippen molar-refractivity contribution in [3.05, 3.63) is 29.3 Å². The molecule has 3 heterocycles. The van der Waals surface area contributed by atoms with Gasteiger partial charge in [-0.3, -0.25) is 19.7 Å². The number of fused-ring (bicyclic) bond motifs is 1. The lowest BCUT2D eigenvalue weighted by atomic mass is 9.88. The van der Waals surface area contributed by atoms with Gasteiger partial charge in [0.2, 0.25) is 11.8 Å². The Hall–Kier alpha value is -2.41. The fourth-order valence-electron chi connectivity index (χ4n) is 5.46. The maximum Gasteiger partial charge on any atom is 0.255 e. The highest BCUT2D eigenvalue weighted by Crippen LogP contribution is 2.36. The topological polar surface area (TPSA) is 87.7 Å². The van der Waals surface area contributed by atoms with Gasteiger partial charge in [0.1, 0.15) is 17.9 Å². The van der Waals surface area contributed by atoms with Crippen molar-refractivity contribution in [3.8, 4) is 5.75 Å². The Morgan fingerprint density at radius 2 is 1.86 bits per heavy atom. The lowest BCUT2D eigenvalue weighted by molar-refractivity contribution is -0.136. The first-order valence-electron chi connectivity index (χ1n) is 10.7. The van der Waals surface area contributed by atoms with Crippen LogP contribution in [0.2, 0.25) is 0 Å². The molecule has 3 atom stereocenters. The molecule has 1 aromatic carbocycles. The van der Waals surface area contributed by atoms with Crippen LogP contribution in [0.5, 0.6) is 5.75 Å². The molecule has 7 nitrogen and oxygen atoms in total. The molecule has 0 spiro atoms. The molecular weight excluding hydrogens is 370 g/mol. The molecule has 4 aliphatic rings. The molecular formula is C22H27N3O4. The SMILES string of the molecule is O=C1CC[C@H](N2Cc3cc(O[C@@H]4CNC[C@H]4C4CCCC4)ccc3C2=O)C(=O)N1. The summed E-state index contributed by atoms with van der Waals surface area (Å²) in [5, 5.41) is 5.82. The number of amides is 3. The van der Waals surface area contributed by atoms with E-state index in [1.807, 2.05) is 18.2 Å². The van der Waals surface area contributed by atoms with Crippen LogP contribution >= 0.6 is 0 Å². The van der Waals surface area contributed by atoms with E-state index < -0.39 is 6.04 Å². The number of nitrogens with zero attached hydrogens (tertiary/aromatic N) is 1. The van der Waals surface area contributed by atoms with Crippen molar-refractivity contribution in [1.29, 1.82) is 0 Å². The standard InChI is InChI=1S/C22H27N3O4/c26-20-8-7-18(21(27)24-20)25-12-14-9-15(5-6-16(14)22(25)28)29-19-11-23-10-17(19)13-3-1-2-4-13/h5-6,9,13,17-19,23H,1-4,7-8,10-12H2,(H,24,26,27)/t17-,18-,19+/m0/s1. The zero-order chi connectivity index (χ0) is 20.0. The van der Waals surface area contributed by atoms with E-state index in [0.717, 1.165) is 30.3 Å². The molecule has 1 saturated carbocycles. The maximum absolute atomic E-state index is 12.8. The van der Waals surface area contributed by atoms with Crippen molar-refractivity contribution >= 4 is 17.7 Å². The first kappa shape index (κ1) is 18.6. The van der Waals surface area contributed by atoms with Crippen molar-refractivity contribution < 1.29 is 19.1 Å². The minimum absolute atomic E-state index is 0.146. The van der Waals surface area contributed by atoms with Crippen LogP contribution < -0.4 is 15.4 Å². The molecule has 7 heteroatoms. The van der Waals surface area contributed by atoms with E-state index in [1.165, 1.54) is 25.7 Å². The maximum atomic E-state index is 12.8. The highest BCUT2D eigenvalue weighted by Gasteiger charge is 2.40. The van der Waals surface area contributed by atoms with E-state index in [2.05, 4.69) is 10.6 Å². The molecule has 0 unspecified atom stereocenters. The minimum Gasteiger partial charge on any atom is -0.489 e. The van der Waals surface area contributed by atoms with E-state index in [4.69, 9.17) is 4.74 Å². The number of rotatable bonds is 4. The van der Waals surface area contributed by atoms with Crippen LogP contribution in [0.4, 0.5) is 0 Å². The van der Waals surface area contributed by atoms with Gasteiger partial charge >= 0.3 is 0 Å². The molecule has 3 fully saturated rings. The zero-order valence-electron chi connectivity index (χ0n) is 16.5. The van der Waals surface area contributed by atoms with E-state index in [9.17, 15) is 14.4 Å². The molecule has 1 aliphatic carbocycles. The second-order valence-corrected chi connectivity index (χ2v) is 8.74. The number of ether oxygens (including phenoxy) is 1. The molecule has 2 saturated heterocycles. The van der Waals surface area contributed by atoms with E-state index in [0.29, 0.717) is 24.4 Å². The van der Waals surface area contributed by atoms with Crippen molar-refractivity contribution in [2.75, 3.05) is 13.1 Å². The van der Waals surface area contributed by atoms with Gasteiger partial charge in [-0.2, -0.15) is 0 Å². The van der Waals surface area contributed by atoms with Crippen LogP contribution in [0.25, 0.3) is 0 Å². The summed E-state index contributed by atoms with van der Waals surface area (Å²) in [7, 11) is 0. The number of benzene rings is 1. The van der Waals surface area contributed by atoms with Crippen molar-refractivity contribution in [1.82, 2.24) is 15.5 Å². The summed E-state index contributed by atoms with van der Waals surface area (Å²) in [4.78, 5) is 38.0. The molecule has 154 valence electrons. The van der Waals surface area contributed by atoms with E-state index in [-0.39, 0.29) is 30.2 Å². The first-order valence-corrected chi connectivity index (χ1v) is 10.7. The first-order chi connectivity index (χ1) is 14.1. The van der Waals surface area contributed by atoms with Crippen LogP contribution in [0.1, 0.15) is 54.4 Å². The predicted molar refractivity (Wildman–Crippen MR) is 105 cm³/mol. The van der Waals surface area contributed by atoms with E-state index in [1.54, 1.807) is 4.90 Å². The van der Waals surface area contributed by atoms with Crippen LogP contribution in [0, 0.1) is 11.8 Å². The fraction of sp³-hybridized carbons (Fsp3) is 0.591. The third-order valence-electron chi connectivity index (χ3n) is 6.99. The van der Waals surface area contributed by atoms with Gasteiger partial charge in [-0.15, -0.1) is 0 Å². The highest BCUT2D eigenvalue weighted by atomic mass is 16.5. The second-order valence-electron chi connectivity index (χ2n) is 8.74. The van der Waals surface area contributed by atoms with Crippen molar-refractivity contribution in [2.45, 2.75) is 57.2 Å². The summed E-state index contributed by atoms with van der Waals surface area (Å²) >= 11 is 0. The van der Waals surface area contributed by atoms with Crippen LogP contribution in [0.15, 0.2) is 18.2 Å². The number of carbonyl (C=O) groups excluding carboxylic acids is 3. The average Bonchev–Trinajstić information content (AvgIpc) is 3.43. The van der Waals surface area contributed by atoms with Crippen LogP contribution in [-0.4, -0.2) is 47.9 Å². The fourth-order valence-corrected chi connectivity index (χ4v) is 5.46. The third kappa shape index (κ3) is 3.41. The summed E-state index contributed by atoms with van der Waals surface area (Å²) in [5.41, 5.74) is 1.51. The van der Waals surface area contributed by atoms with E-state index >= 15 is 0 Å². The molecule has 0 aromatic heterocycles. The number of hydrogen-bond donors (Lipinski definition) is 2. The Morgan fingerprint density at radius 3 is 2.66 bits per heavy atom. The van der Waals surface area contributed by atoms with Gasteiger partial charge in [0.15, 0.2) is 0 Å². The van der Waals surface area contributed by atoms with Gasteiger partial charge in [0.05, 0.1) is 0 Å². The molecule has 5 rings (SSSR count). The van der Waals surface area contributed by atoms with Crippen molar-refractivity contribution in [2.24, 2.45) is 11.8 Å². The molecule has 3 aliphatic heterocycles. The highest BCUT2D eigenvalue weighted by molar-refractivity contribution is 6.05. The second kappa shape index (κ2) is 7.44. The summed E-state index contributed by atoms with van der Waals surface area (Å²) in [6.07, 6.45) is 6.06. The van der Waals surface area contributed by atoms with Gasteiger partial charge in [0.25, 0.3) is 5.91 Å². The summed E-state index contributed by atoms with van der Waals surface area (Å²) < 4.78 is 6.36. The Morgan fingerprint density at radius 1 is 1.03 bits per heavy atom. The Labute approximate surface area is 170 Å². The lowest BCUT2D eigenvalue weighted by Crippen LogP contribution is -2.52. The zero-order valence-corrected chi connectivity index (χ0v) is 16.5. The monoisotopic (exact) mass is 397 g/mol. The molecule has 3 amide bonds. The largest absolute Gasteiger partial charge is 0.489 e. The van der Waals surface area contributed by atoms with Crippen molar-refractivity contribution in [3.63, 3.8) is 0 Å². The number of carbonyl (C=O) groups is 3. The number of hydrogen-bond acceptors (Lipinski definition) is 5. The van der Waals surface area contributed by atoms with Gasteiger partial charge in [-0.1, -0.05) is 12.8 Å². The average molecular weight is 397 g/mol. The summed E-state index contributed by atoms with van der Waals surface area (Å²) in [5.74, 6) is 1.29. The third-order valence-corrected chi connectivity index (χ3v) is 6.99. The van der Waals surface area contributed by atoms with Gasteiger partial charge in [-0.25, -0.2) is 0 Å². The lowest BCUT2D eigenvalue weighted by Gasteiger charge is -2.29. The minimum atomic E-state index is -0.581. The van der Waals surface area contributed by atoms with Crippen LogP contribution in [0.3, 0.4) is 0 Å². The number of piperidine rings is 1. The summed E-state index contributed by atoms with van der Waals surface area (Å²) in [6.45, 7) is 2.26. The number of nitrogens with one attached hydrogen (secondary N) is 2. The molecule has 29 heavy (non-hydrogen) atoms. The normalized spacial score (nSPS) is 30.0. The molecule has 0 bridgehead atoms. The molecule has 0 radical (unpaired) electrons. The smallest absolute Gasteiger partial charge is 0.255 e. The summed E-state index contributed by atoms with van der Waals surface area (Å²) in [6, 6.07) is 5.05. The van der Waals surface area contributed by atoms with Crippen LogP contribution in [-0.2, 0) is 16.1 Å². The molecule has 2 N–H and O–H groups in total. The van der Waals surface area contributed by atoms with Gasteiger partial charge < -0.3 is 15.0 Å². The van der Waals surface area contributed by atoms with Gasteiger partial charge in [0, 0.05) is 37.5 Å². The quantitative estimate of drug-likeness (QED) is 0.754.